The molecule has 0 aliphatic rings. The monoisotopic (exact) mass is 215 g/mol. The van der Waals surface area contributed by atoms with E-state index in [1.807, 2.05) is 0 Å². The summed E-state index contributed by atoms with van der Waals surface area (Å²) in [5.74, 6) is 0. The van der Waals surface area contributed by atoms with E-state index in [1.165, 1.54) is 12.1 Å². The van der Waals surface area contributed by atoms with Crippen molar-refractivity contribution in [2.24, 2.45) is 0 Å². The van der Waals surface area contributed by atoms with Crippen LogP contribution in [0.5, 0.6) is 0 Å². The Labute approximate surface area is 88.6 Å². The van der Waals surface area contributed by atoms with E-state index >= 15 is 0 Å². The van der Waals surface area contributed by atoms with Crippen LogP contribution in [0.3, 0.4) is 0 Å². The molecule has 0 unspecified atom stereocenters. The van der Waals surface area contributed by atoms with Gasteiger partial charge >= 0.3 is 6.98 Å². The smallest absolute Gasteiger partial charge is 0.445 e. The molecule has 0 N–H and O–H groups in total. The predicted molar refractivity (Wildman–Crippen MR) is 58.4 cm³/mol. The van der Waals surface area contributed by atoms with Gasteiger partial charge in [-0.1, -0.05) is 49.6 Å². The highest BCUT2D eigenvalue weighted by atomic mass is 19.4. The van der Waals surface area contributed by atoms with E-state index < -0.39 is 12.4 Å². The van der Waals surface area contributed by atoms with Crippen LogP contribution >= 0.6 is 0 Å². The Balaban J connectivity index is 2.66. The maximum atomic E-state index is 12.4. The second-order valence-electron chi connectivity index (χ2n) is 3.78. The minimum absolute atomic E-state index is 0.482. The zero-order valence-electron chi connectivity index (χ0n) is 8.85. The Morgan fingerprint density at radius 2 is 1.87 bits per heavy atom. The second-order valence-corrected chi connectivity index (χ2v) is 3.78. The minimum Gasteiger partial charge on any atom is -0.445 e. The number of benzene rings is 1. The average Bonchev–Trinajstić information content (AvgIpc) is 2.17. The first-order valence-corrected chi connectivity index (χ1v) is 5.33. The maximum absolute atomic E-state index is 12.4. The maximum Gasteiger partial charge on any atom is 0.509 e. The third-order valence-electron chi connectivity index (χ3n) is 2.40. The first kappa shape index (κ1) is 12.1. The predicted octanol–water partition coefficient (Wildman–Crippen LogP) is 3.47. The van der Waals surface area contributed by atoms with Crippen molar-refractivity contribution in [3.8, 4) is 0 Å². The summed E-state index contributed by atoms with van der Waals surface area (Å²) in [6, 6.07) is 5.67. The molecule has 0 atom stereocenters. The molecule has 0 aliphatic carbocycles. The SMILES string of the molecule is CCCCCc1cccc([B-](F)(F)F)c1. The molecule has 0 aliphatic heterocycles. The Morgan fingerprint density at radius 1 is 1.13 bits per heavy atom. The molecular formula is C11H15BF3-. The number of halogens is 3. The summed E-state index contributed by atoms with van der Waals surface area (Å²) in [4.78, 5) is 0. The van der Waals surface area contributed by atoms with Gasteiger partial charge in [0.2, 0.25) is 0 Å². The van der Waals surface area contributed by atoms with Crippen molar-refractivity contribution in [2.45, 2.75) is 32.6 Å². The molecule has 0 heterocycles. The topological polar surface area (TPSA) is 0 Å². The summed E-state index contributed by atoms with van der Waals surface area (Å²) >= 11 is 0. The van der Waals surface area contributed by atoms with E-state index in [9.17, 15) is 12.9 Å². The van der Waals surface area contributed by atoms with Gasteiger partial charge in [0.1, 0.15) is 0 Å². The Hall–Kier alpha value is -0.925. The fourth-order valence-electron chi connectivity index (χ4n) is 1.53. The first-order chi connectivity index (χ1) is 7.04. The van der Waals surface area contributed by atoms with Crippen molar-refractivity contribution in [3.63, 3.8) is 0 Å². The number of aryl methyl sites for hydroxylation is 1. The summed E-state index contributed by atoms with van der Waals surface area (Å²) in [6.07, 6.45) is 3.86. The van der Waals surface area contributed by atoms with Crippen LogP contribution in [-0.2, 0) is 6.42 Å². The lowest BCUT2D eigenvalue weighted by atomic mass is 9.79. The van der Waals surface area contributed by atoms with E-state index in [-0.39, 0.29) is 0 Å². The van der Waals surface area contributed by atoms with E-state index in [1.54, 1.807) is 6.07 Å². The molecule has 0 fully saturated rings. The lowest BCUT2D eigenvalue weighted by Gasteiger charge is -2.15. The number of hydrogen-bond donors (Lipinski definition) is 0. The van der Waals surface area contributed by atoms with Crippen LogP contribution in [0.25, 0.3) is 0 Å². The molecule has 0 saturated carbocycles. The molecule has 0 aromatic heterocycles. The Morgan fingerprint density at radius 3 is 2.47 bits per heavy atom. The van der Waals surface area contributed by atoms with Gasteiger partial charge < -0.3 is 12.9 Å². The van der Waals surface area contributed by atoms with E-state index in [0.717, 1.165) is 37.3 Å². The molecule has 0 saturated heterocycles. The molecule has 1 aromatic carbocycles. The van der Waals surface area contributed by atoms with E-state index in [4.69, 9.17) is 0 Å². The van der Waals surface area contributed by atoms with Gasteiger partial charge in [-0.25, -0.2) is 0 Å². The van der Waals surface area contributed by atoms with Gasteiger partial charge in [-0.2, -0.15) is 0 Å². The van der Waals surface area contributed by atoms with E-state index in [0.29, 0.717) is 0 Å². The molecule has 15 heavy (non-hydrogen) atoms. The van der Waals surface area contributed by atoms with Crippen molar-refractivity contribution in [1.29, 1.82) is 0 Å². The van der Waals surface area contributed by atoms with Gasteiger partial charge in [0.05, 0.1) is 0 Å². The average molecular weight is 215 g/mol. The van der Waals surface area contributed by atoms with Gasteiger partial charge in [-0.05, 0) is 12.8 Å². The molecule has 0 radical (unpaired) electrons. The third-order valence-corrected chi connectivity index (χ3v) is 2.40. The molecule has 84 valence electrons. The fraction of sp³-hybridized carbons (Fsp3) is 0.455. The highest BCUT2D eigenvalue weighted by molar-refractivity contribution is 6.73. The molecule has 1 aromatic rings. The normalized spacial score (nSPS) is 11.7. The van der Waals surface area contributed by atoms with Gasteiger partial charge in [0.25, 0.3) is 0 Å². The molecule has 4 heteroatoms. The van der Waals surface area contributed by atoms with Crippen LogP contribution in [0.15, 0.2) is 24.3 Å². The third kappa shape index (κ3) is 3.98. The molecule has 0 amide bonds. The number of hydrogen-bond acceptors (Lipinski definition) is 0. The van der Waals surface area contributed by atoms with Gasteiger partial charge in [-0.15, -0.1) is 5.46 Å². The highest BCUT2D eigenvalue weighted by Crippen LogP contribution is 2.11. The first-order valence-electron chi connectivity index (χ1n) is 5.33. The number of rotatable bonds is 5. The van der Waals surface area contributed by atoms with Crippen molar-refractivity contribution in [2.75, 3.05) is 0 Å². The summed E-state index contributed by atoms with van der Waals surface area (Å²) in [5.41, 5.74) is 0.309. The lowest BCUT2D eigenvalue weighted by Crippen LogP contribution is -2.34. The van der Waals surface area contributed by atoms with Crippen LogP contribution in [0, 0.1) is 0 Å². The van der Waals surface area contributed by atoms with Crippen molar-refractivity contribution >= 4 is 12.4 Å². The minimum atomic E-state index is -4.85. The summed E-state index contributed by atoms with van der Waals surface area (Å²) < 4.78 is 37.3. The summed E-state index contributed by atoms with van der Waals surface area (Å²) in [7, 11) is 0. The van der Waals surface area contributed by atoms with Crippen LogP contribution in [0.1, 0.15) is 31.7 Å². The van der Waals surface area contributed by atoms with Crippen LogP contribution in [-0.4, -0.2) is 6.98 Å². The molecule has 0 spiro atoms. The molecule has 0 nitrogen and oxygen atoms in total. The second kappa shape index (κ2) is 5.24. The largest absolute Gasteiger partial charge is 0.509 e. The van der Waals surface area contributed by atoms with Crippen molar-refractivity contribution in [1.82, 2.24) is 0 Å². The highest BCUT2D eigenvalue weighted by Gasteiger charge is 2.25. The summed E-state index contributed by atoms with van der Waals surface area (Å²) in [5, 5.41) is 0. The zero-order chi connectivity index (χ0) is 11.3. The van der Waals surface area contributed by atoms with Gasteiger partial charge in [0, 0.05) is 0 Å². The summed E-state index contributed by atoms with van der Waals surface area (Å²) in [6.45, 7) is -2.77. The quantitative estimate of drug-likeness (QED) is 0.521. The van der Waals surface area contributed by atoms with Crippen LogP contribution in [0.4, 0.5) is 12.9 Å². The Bertz CT molecular complexity index is 307. The lowest BCUT2D eigenvalue weighted by molar-refractivity contribution is 0.501. The molecule has 0 bridgehead atoms. The number of unbranched alkanes of at least 4 members (excludes halogenated alkanes) is 2. The standard InChI is InChI=1S/C11H15BF3/c1-2-3-4-6-10-7-5-8-11(9-10)12(13,14)15/h5,7-9H,2-4,6H2,1H3/q-1. The fourth-order valence-corrected chi connectivity index (χ4v) is 1.53. The van der Waals surface area contributed by atoms with E-state index in [2.05, 4.69) is 6.92 Å². The van der Waals surface area contributed by atoms with Gasteiger partial charge in [0.15, 0.2) is 0 Å². The zero-order valence-corrected chi connectivity index (χ0v) is 8.85. The molecular weight excluding hydrogens is 200 g/mol. The van der Waals surface area contributed by atoms with Crippen molar-refractivity contribution in [3.05, 3.63) is 29.8 Å². The molecule has 1 rings (SSSR count). The Kier molecular flexibility index (Phi) is 4.24. The van der Waals surface area contributed by atoms with Crippen LogP contribution < -0.4 is 5.46 Å². The van der Waals surface area contributed by atoms with Gasteiger partial charge in [-0.3, -0.25) is 0 Å². The van der Waals surface area contributed by atoms with Crippen LogP contribution in [0.2, 0.25) is 0 Å². The van der Waals surface area contributed by atoms with Crippen molar-refractivity contribution < 1.29 is 12.9 Å².